The molecule has 100 valence electrons. The van der Waals surface area contributed by atoms with Gasteiger partial charge in [-0.05, 0) is 51.0 Å². The van der Waals surface area contributed by atoms with Crippen molar-refractivity contribution in [2.45, 2.75) is 63.4 Å². The van der Waals surface area contributed by atoms with Crippen LogP contribution in [0, 0.1) is 17.3 Å². The predicted octanol–water partition coefficient (Wildman–Crippen LogP) is 1.93. The van der Waals surface area contributed by atoms with E-state index in [9.17, 15) is 0 Å². The first kappa shape index (κ1) is 10.6. The topological polar surface area (TPSA) is 24.5 Å². The van der Waals surface area contributed by atoms with E-state index >= 15 is 0 Å². The molecule has 0 amide bonds. The van der Waals surface area contributed by atoms with Crippen molar-refractivity contribution in [3.8, 4) is 0 Å². The van der Waals surface area contributed by atoms with Gasteiger partial charge in [0.2, 0.25) is 0 Å². The standard InChI is InChI=1S/C15H24N2O/c1-5-11-10-4-2-9-17-13(10)18-12(6-1)15(11)7-3-8-16-14(15)17/h10-14,16H,1-9H2/t10-,11+,12+,13+,14+,15+/m1/s1. The van der Waals surface area contributed by atoms with E-state index in [1.165, 1.54) is 58.0 Å². The van der Waals surface area contributed by atoms with Crippen LogP contribution < -0.4 is 5.32 Å². The molecule has 0 aromatic carbocycles. The van der Waals surface area contributed by atoms with Crippen LogP contribution >= 0.6 is 0 Å². The Morgan fingerprint density at radius 1 is 1.11 bits per heavy atom. The third kappa shape index (κ3) is 1.05. The molecular weight excluding hydrogens is 224 g/mol. The molecule has 7 atom stereocenters. The molecule has 5 heterocycles. The first-order chi connectivity index (χ1) is 8.91. The molecule has 1 saturated carbocycles. The average Bonchev–Trinajstić information content (AvgIpc) is 2.40. The molecule has 6 fully saturated rings. The van der Waals surface area contributed by atoms with Crippen molar-refractivity contribution in [3.05, 3.63) is 0 Å². The van der Waals surface area contributed by atoms with E-state index in [-0.39, 0.29) is 0 Å². The minimum atomic E-state index is 0.464. The van der Waals surface area contributed by atoms with Crippen molar-refractivity contribution in [1.82, 2.24) is 10.2 Å². The molecule has 6 aliphatic rings. The van der Waals surface area contributed by atoms with Crippen LogP contribution in [0.4, 0.5) is 0 Å². The number of hydrogen-bond donors (Lipinski definition) is 1. The smallest absolute Gasteiger partial charge is 0.115 e. The normalized spacial score (nSPS) is 61.3. The van der Waals surface area contributed by atoms with Crippen LogP contribution in [0.2, 0.25) is 0 Å². The van der Waals surface area contributed by atoms with Gasteiger partial charge >= 0.3 is 0 Å². The molecule has 0 radical (unpaired) electrons. The number of piperidine rings is 3. The van der Waals surface area contributed by atoms with Crippen LogP contribution in [0.3, 0.4) is 0 Å². The van der Waals surface area contributed by atoms with Gasteiger partial charge in [-0.25, -0.2) is 0 Å². The zero-order chi connectivity index (χ0) is 11.7. The Morgan fingerprint density at radius 2 is 2.11 bits per heavy atom. The zero-order valence-corrected chi connectivity index (χ0v) is 11.1. The van der Waals surface area contributed by atoms with Crippen LogP contribution in [-0.2, 0) is 4.74 Å². The second kappa shape index (κ2) is 3.50. The Labute approximate surface area is 109 Å². The maximum Gasteiger partial charge on any atom is 0.115 e. The van der Waals surface area contributed by atoms with E-state index in [1.54, 1.807) is 0 Å². The number of hydrogen-bond acceptors (Lipinski definition) is 3. The Morgan fingerprint density at radius 3 is 3.11 bits per heavy atom. The maximum atomic E-state index is 6.57. The molecule has 1 unspecified atom stereocenters. The van der Waals surface area contributed by atoms with Crippen LogP contribution in [-0.4, -0.2) is 36.5 Å². The fourth-order valence-electron chi connectivity index (χ4n) is 6.27. The highest BCUT2D eigenvalue weighted by Gasteiger charge is 2.68. The molecule has 6 bridgehead atoms. The third-order valence-corrected chi connectivity index (χ3v) is 6.70. The largest absolute Gasteiger partial charge is 0.359 e. The minimum absolute atomic E-state index is 0.464. The van der Waals surface area contributed by atoms with Gasteiger partial charge in [0.15, 0.2) is 0 Å². The third-order valence-electron chi connectivity index (χ3n) is 6.70. The lowest BCUT2D eigenvalue weighted by molar-refractivity contribution is -0.355. The van der Waals surface area contributed by atoms with Crippen molar-refractivity contribution in [2.75, 3.05) is 13.1 Å². The molecule has 1 aliphatic carbocycles. The van der Waals surface area contributed by atoms with E-state index in [2.05, 4.69) is 10.2 Å². The van der Waals surface area contributed by atoms with Crippen LogP contribution in [0.25, 0.3) is 0 Å². The second-order valence-electron chi connectivity index (χ2n) is 7.17. The fourth-order valence-corrected chi connectivity index (χ4v) is 6.27. The van der Waals surface area contributed by atoms with E-state index in [0.717, 1.165) is 11.8 Å². The monoisotopic (exact) mass is 248 g/mol. The van der Waals surface area contributed by atoms with Crippen LogP contribution in [0.15, 0.2) is 0 Å². The molecule has 1 N–H and O–H groups in total. The van der Waals surface area contributed by atoms with Crippen molar-refractivity contribution < 1.29 is 4.74 Å². The lowest BCUT2D eigenvalue weighted by Gasteiger charge is -2.72. The van der Waals surface area contributed by atoms with Crippen LogP contribution in [0.5, 0.6) is 0 Å². The molecule has 0 aromatic heterocycles. The van der Waals surface area contributed by atoms with Crippen LogP contribution in [0.1, 0.15) is 44.9 Å². The van der Waals surface area contributed by atoms with Crippen molar-refractivity contribution in [1.29, 1.82) is 0 Å². The summed E-state index contributed by atoms with van der Waals surface area (Å²) in [5, 5.41) is 3.87. The molecule has 1 spiro atoms. The summed E-state index contributed by atoms with van der Waals surface area (Å²) in [5.41, 5.74) is 0.482. The summed E-state index contributed by atoms with van der Waals surface area (Å²) in [7, 11) is 0. The van der Waals surface area contributed by atoms with Crippen molar-refractivity contribution in [2.24, 2.45) is 17.3 Å². The number of rotatable bonds is 0. The van der Waals surface area contributed by atoms with Gasteiger partial charge in [0, 0.05) is 17.9 Å². The zero-order valence-electron chi connectivity index (χ0n) is 11.1. The Hall–Kier alpha value is -0.120. The van der Waals surface area contributed by atoms with Gasteiger partial charge in [-0.1, -0.05) is 6.42 Å². The summed E-state index contributed by atoms with van der Waals surface area (Å²) in [5.74, 6) is 1.82. The molecule has 3 heteroatoms. The summed E-state index contributed by atoms with van der Waals surface area (Å²) >= 11 is 0. The first-order valence-corrected chi connectivity index (χ1v) is 8.06. The Balaban J connectivity index is 1.66. The highest BCUT2D eigenvalue weighted by Crippen LogP contribution is 2.63. The minimum Gasteiger partial charge on any atom is -0.359 e. The summed E-state index contributed by atoms with van der Waals surface area (Å²) in [4.78, 5) is 2.70. The Kier molecular flexibility index (Phi) is 2.07. The molecule has 0 aromatic rings. The van der Waals surface area contributed by atoms with Gasteiger partial charge in [0.1, 0.15) is 6.23 Å². The Bertz CT molecular complexity index is 351. The molecule has 5 saturated heterocycles. The molecule has 5 aliphatic heterocycles. The van der Waals surface area contributed by atoms with Gasteiger partial charge in [0.25, 0.3) is 0 Å². The summed E-state index contributed by atoms with van der Waals surface area (Å²) in [6, 6.07) is 0. The lowest BCUT2D eigenvalue weighted by atomic mass is 9.50. The van der Waals surface area contributed by atoms with E-state index < -0.39 is 0 Å². The second-order valence-corrected chi connectivity index (χ2v) is 7.17. The first-order valence-electron chi connectivity index (χ1n) is 8.06. The van der Waals surface area contributed by atoms with E-state index in [0.29, 0.717) is 23.9 Å². The number of nitrogens with zero attached hydrogens (tertiary/aromatic N) is 1. The van der Waals surface area contributed by atoms with Gasteiger partial charge in [-0.3, -0.25) is 4.90 Å². The SMILES string of the molecule is C1C[C@@H]2O[C@H]3[C@@H]4CCCN3[C@@H]3NCCC[C@]23[C@H]4C1. The lowest BCUT2D eigenvalue weighted by Crippen LogP contribution is -2.80. The highest BCUT2D eigenvalue weighted by molar-refractivity contribution is 5.15. The molecular formula is C15H24N2O. The van der Waals surface area contributed by atoms with Crippen molar-refractivity contribution in [3.63, 3.8) is 0 Å². The highest BCUT2D eigenvalue weighted by atomic mass is 16.5. The van der Waals surface area contributed by atoms with Gasteiger partial charge in [-0.2, -0.15) is 0 Å². The summed E-state index contributed by atoms with van der Waals surface area (Å²) in [6.45, 7) is 2.49. The summed E-state index contributed by atoms with van der Waals surface area (Å²) < 4.78 is 6.57. The van der Waals surface area contributed by atoms with Crippen molar-refractivity contribution >= 4 is 0 Å². The number of nitrogens with one attached hydrogen (secondary N) is 1. The van der Waals surface area contributed by atoms with Gasteiger partial charge in [-0.15, -0.1) is 0 Å². The average molecular weight is 248 g/mol. The predicted molar refractivity (Wildman–Crippen MR) is 68.9 cm³/mol. The van der Waals surface area contributed by atoms with Gasteiger partial charge in [0.05, 0.1) is 12.3 Å². The number of ether oxygens (including phenoxy) is 1. The van der Waals surface area contributed by atoms with E-state index in [1.807, 2.05) is 0 Å². The van der Waals surface area contributed by atoms with E-state index in [4.69, 9.17) is 4.74 Å². The maximum absolute atomic E-state index is 6.57. The fraction of sp³-hybridized carbons (Fsp3) is 1.00. The molecule has 3 nitrogen and oxygen atoms in total. The summed E-state index contributed by atoms with van der Waals surface area (Å²) in [6.07, 6.45) is 11.5. The quantitative estimate of drug-likeness (QED) is 0.709. The van der Waals surface area contributed by atoms with Gasteiger partial charge < -0.3 is 10.1 Å². The molecule has 18 heavy (non-hydrogen) atoms. The molecule has 6 rings (SSSR count).